The molecule has 0 aromatic heterocycles. The van der Waals surface area contributed by atoms with Gasteiger partial charge in [-0.05, 0) is 11.0 Å². The number of benzene rings is 1. The predicted octanol–water partition coefficient (Wildman–Crippen LogP) is 3.46. The van der Waals surface area contributed by atoms with Crippen LogP contribution in [0.25, 0.3) is 0 Å². The zero-order valence-corrected chi connectivity index (χ0v) is 10.0. The van der Waals surface area contributed by atoms with Crippen LogP contribution in [0.5, 0.6) is 0 Å². The highest BCUT2D eigenvalue weighted by Crippen LogP contribution is 2.39. The Hall–Kier alpha value is -1.57. The van der Waals surface area contributed by atoms with Crippen molar-refractivity contribution in [1.82, 2.24) is 0 Å². The number of carboxylic acid groups (broad SMARTS) is 1. The van der Waals surface area contributed by atoms with Gasteiger partial charge in [0.25, 0.3) is 0 Å². The number of carboxylic acids is 1. The van der Waals surface area contributed by atoms with Gasteiger partial charge in [-0.2, -0.15) is 0 Å². The first-order chi connectivity index (χ1) is 7.34. The van der Waals surface area contributed by atoms with Crippen molar-refractivity contribution in [3.8, 4) is 0 Å². The second-order valence-corrected chi connectivity index (χ2v) is 5.04. The Bertz CT molecular complexity index is 385. The normalized spacial score (nSPS) is 13.2. The Balaban J connectivity index is 3.18. The monoisotopic (exact) mass is 218 g/mol. The van der Waals surface area contributed by atoms with Gasteiger partial charge in [-0.3, -0.25) is 0 Å². The van der Waals surface area contributed by atoms with Crippen molar-refractivity contribution < 1.29 is 9.90 Å². The Morgan fingerprint density at radius 1 is 1.25 bits per heavy atom. The van der Waals surface area contributed by atoms with Crippen molar-refractivity contribution in [2.24, 2.45) is 5.41 Å². The van der Waals surface area contributed by atoms with Crippen LogP contribution in [0.15, 0.2) is 42.5 Å². The fraction of sp³-hybridized carbons (Fsp3) is 0.357. The van der Waals surface area contributed by atoms with Gasteiger partial charge < -0.3 is 5.11 Å². The number of rotatable bonds is 3. The summed E-state index contributed by atoms with van der Waals surface area (Å²) in [6, 6.07) is 9.66. The molecule has 1 N–H and O–H groups in total. The quantitative estimate of drug-likeness (QED) is 0.789. The minimum atomic E-state index is -0.927. The maximum Gasteiger partial charge on any atom is 0.331 e. The fourth-order valence-electron chi connectivity index (χ4n) is 1.99. The summed E-state index contributed by atoms with van der Waals surface area (Å²) in [5.74, 6) is -1.09. The molecule has 0 spiro atoms. The van der Waals surface area contributed by atoms with E-state index in [-0.39, 0.29) is 16.9 Å². The zero-order valence-electron chi connectivity index (χ0n) is 10.0. The minimum absolute atomic E-state index is 0.156. The highest BCUT2D eigenvalue weighted by Gasteiger charge is 2.31. The molecule has 0 saturated carbocycles. The molecule has 0 saturated heterocycles. The van der Waals surface area contributed by atoms with Gasteiger partial charge in [0, 0.05) is 11.5 Å². The largest absolute Gasteiger partial charge is 0.478 e. The second-order valence-electron chi connectivity index (χ2n) is 5.04. The molecule has 1 atom stereocenters. The molecule has 0 amide bonds. The summed E-state index contributed by atoms with van der Waals surface area (Å²) in [6.45, 7) is 9.78. The van der Waals surface area contributed by atoms with E-state index < -0.39 is 5.97 Å². The molecule has 0 fully saturated rings. The summed E-state index contributed by atoms with van der Waals surface area (Å²) in [7, 11) is 0. The van der Waals surface area contributed by atoms with Crippen LogP contribution in [0.3, 0.4) is 0 Å². The van der Waals surface area contributed by atoms with Crippen molar-refractivity contribution in [1.29, 1.82) is 0 Å². The lowest BCUT2D eigenvalue weighted by atomic mass is 9.72. The molecular formula is C14H18O2. The van der Waals surface area contributed by atoms with Gasteiger partial charge in [0.1, 0.15) is 0 Å². The van der Waals surface area contributed by atoms with Gasteiger partial charge in [0.15, 0.2) is 0 Å². The first-order valence-electron chi connectivity index (χ1n) is 5.31. The molecule has 0 aliphatic rings. The van der Waals surface area contributed by atoms with Crippen molar-refractivity contribution in [2.75, 3.05) is 0 Å². The van der Waals surface area contributed by atoms with Gasteiger partial charge >= 0.3 is 5.97 Å². The third kappa shape index (κ3) is 2.72. The third-order valence-electron chi connectivity index (χ3n) is 2.62. The van der Waals surface area contributed by atoms with Crippen LogP contribution in [0.4, 0.5) is 0 Å². The van der Waals surface area contributed by atoms with Gasteiger partial charge in [0.05, 0.1) is 0 Å². The lowest BCUT2D eigenvalue weighted by Gasteiger charge is -2.31. The van der Waals surface area contributed by atoms with Crippen molar-refractivity contribution in [3.05, 3.63) is 48.0 Å². The first-order valence-corrected chi connectivity index (χ1v) is 5.31. The molecule has 16 heavy (non-hydrogen) atoms. The van der Waals surface area contributed by atoms with Crippen LogP contribution in [0.2, 0.25) is 0 Å². The summed E-state index contributed by atoms with van der Waals surface area (Å²) in [5, 5.41) is 9.08. The number of hydrogen-bond donors (Lipinski definition) is 1. The molecule has 1 aromatic rings. The molecular weight excluding hydrogens is 200 g/mol. The van der Waals surface area contributed by atoms with Crippen LogP contribution < -0.4 is 0 Å². The predicted molar refractivity (Wildman–Crippen MR) is 65.4 cm³/mol. The van der Waals surface area contributed by atoms with E-state index in [9.17, 15) is 4.79 Å². The first kappa shape index (κ1) is 12.5. The number of hydrogen-bond acceptors (Lipinski definition) is 1. The molecule has 0 heterocycles. The molecule has 1 aromatic carbocycles. The maximum atomic E-state index is 11.1. The van der Waals surface area contributed by atoms with Gasteiger partial charge in [-0.25, -0.2) is 4.79 Å². The molecule has 0 aliphatic carbocycles. The zero-order chi connectivity index (χ0) is 12.3. The maximum absolute atomic E-state index is 11.1. The lowest BCUT2D eigenvalue weighted by Crippen LogP contribution is -2.23. The Morgan fingerprint density at radius 3 is 2.12 bits per heavy atom. The average molecular weight is 218 g/mol. The summed E-state index contributed by atoms with van der Waals surface area (Å²) >= 11 is 0. The molecule has 2 nitrogen and oxygen atoms in total. The van der Waals surface area contributed by atoms with Crippen LogP contribution in [-0.2, 0) is 4.79 Å². The molecule has 0 aliphatic heterocycles. The molecule has 0 bridgehead atoms. The highest BCUT2D eigenvalue weighted by atomic mass is 16.4. The fourth-order valence-corrected chi connectivity index (χ4v) is 1.99. The van der Waals surface area contributed by atoms with E-state index >= 15 is 0 Å². The molecule has 86 valence electrons. The lowest BCUT2D eigenvalue weighted by molar-refractivity contribution is -0.133. The highest BCUT2D eigenvalue weighted by molar-refractivity contribution is 5.87. The molecule has 1 unspecified atom stereocenters. The minimum Gasteiger partial charge on any atom is -0.478 e. The van der Waals surface area contributed by atoms with E-state index in [4.69, 9.17) is 5.11 Å². The van der Waals surface area contributed by atoms with Gasteiger partial charge in [0.2, 0.25) is 0 Å². The second kappa shape index (κ2) is 4.52. The number of carbonyl (C=O) groups is 1. The SMILES string of the molecule is C=C(C(=O)O)C(c1ccccc1)C(C)(C)C. The van der Waals surface area contributed by atoms with Crippen molar-refractivity contribution >= 4 is 5.97 Å². The summed E-state index contributed by atoms with van der Waals surface area (Å²) in [6.07, 6.45) is 0. The van der Waals surface area contributed by atoms with Crippen molar-refractivity contribution in [3.63, 3.8) is 0 Å². The summed E-state index contributed by atoms with van der Waals surface area (Å²) < 4.78 is 0. The summed E-state index contributed by atoms with van der Waals surface area (Å²) in [4.78, 5) is 11.1. The molecule has 1 rings (SSSR count). The average Bonchev–Trinajstić information content (AvgIpc) is 2.17. The van der Waals surface area contributed by atoms with E-state index in [0.29, 0.717) is 0 Å². The van der Waals surface area contributed by atoms with Crippen LogP contribution >= 0.6 is 0 Å². The molecule has 2 heteroatoms. The van der Waals surface area contributed by atoms with Gasteiger partial charge in [-0.1, -0.05) is 57.7 Å². The summed E-state index contributed by atoms with van der Waals surface area (Å²) in [5.41, 5.74) is 1.10. The Morgan fingerprint density at radius 2 is 1.75 bits per heavy atom. The topological polar surface area (TPSA) is 37.3 Å². The third-order valence-corrected chi connectivity index (χ3v) is 2.62. The van der Waals surface area contributed by atoms with Crippen LogP contribution in [0, 0.1) is 5.41 Å². The van der Waals surface area contributed by atoms with E-state index in [2.05, 4.69) is 6.58 Å². The van der Waals surface area contributed by atoms with Crippen molar-refractivity contribution in [2.45, 2.75) is 26.7 Å². The molecule has 0 radical (unpaired) electrons. The van der Waals surface area contributed by atoms with E-state index in [0.717, 1.165) is 5.56 Å². The Kier molecular flexibility index (Phi) is 3.53. The number of aliphatic carboxylic acids is 1. The van der Waals surface area contributed by atoms with Gasteiger partial charge in [-0.15, -0.1) is 0 Å². The smallest absolute Gasteiger partial charge is 0.331 e. The Labute approximate surface area is 96.6 Å². The van der Waals surface area contributed by atoms with Crippen LogP contribution in [-0.4, -0.2) is 11.1 Å². The van der Waals surface area contributed by atoms with E-state index in [1.165, 1.54) is 0 Å². The van der Waals surface area contributed by atoms with E-state index in [1.54, 1.807) is 0 Å². The standard InChI is InChI=1S/C14H18O2/c1-10(13(15)16)12(14(2,3)4)11-8-6-5-7-9-11/h5-9,12H,1H2,2-4H3,(H,15,16). The van der Waals surface area contributed by atoms with E-state index in [1.807, 2.05) is 51.1 Å². The van der Waals surface area contributed by atoms with Crippen LogP contribution in [0.1, 0.15) is 32.3 Å².